The summed E-state index contributed by atoms with van der Waals surface area (Å²) in [6.07, 6.45) is 1.95. The molecule has 1 heterocycles. The van der Waals surface area contributed by atoms with E-state index in [1.165, 1.54) is 12.1 Å². The Labute approximate surface area is 144 Å². The van der Waals surface area contributed by atoms with Crippen LogP contribution in [0.1, 0.15) is 23.7 Å². The number of aliphatic hydroxyl groups excluding tert-OH is 1. The number of hydrogen-bond donors (Lipinski definition) is 3. The zero-order valence-corrected chi connectivity index (χ0v) is 13.9. The van der Waals surface area contributed by atoms with Crippen LogP contribution < -0.4 is 10.6 Å². The summed E-state index contributed by atoms with van der Waals surface area (Å²) in [4.78, 5) is 36.8. The van der Waals surface area contributed by atoms with Gasteiger partial charge < -0.3 is 15.7 Å². The van der Waals surface area contributed by atoms with E-state index in [0.717, 1.165) is 17.4 Å². The van der Waals surface area contributed by atoms with Gasteiger partial charge in [0.05, 0.1) is 23.9 Å². The summed E-state index contributed by atoms with van der Waals surface area (Å²) < 4.78 is 0. The molecular formula is C16H18ClN3O4. The molecule has 0 saturated carbocycles. The van der Waals surface area contributed by atoms with E-state index < -0.39 is 11.8 Å². The standard InChI is InChI=1S/C16H18ClN3O4/c1-2-5-18-15(23)10-3-4-11(17)12(8-10)19-13-9-14(22)20(6-7-21)16(13)24/h3-4,8-9,19,21H,2,5-7H2,1H3,(H,18,23). The maximum absolute atomic E-state index is 12.1. The molecular weight excluding hydrogens is 334 g/mol. The number of hydrogen-bond acceptors (Lipinski definition) is 5. The number of nitrogens with zero attached hydrogens (tertiary/aromatic N) is 1. The van der Waals surface area contributed by atoms with Crippen LogP contribution in [0.2, 0.25) is 5.02 Å². The average Bonchev–Trinajstić information content (AvgIpc) is 2.82. The maximum Gasteiger partial charge on any atom is 0.277 e. The first-order chi connectivity index (χ1) is 11.5. The number of rotatable bonds is 7. The van der Waals surface area contributed by atoms with E-state index in [1.54, 1.807) is 6.07 Å². The minimum absolute atomic E-state index is 0.0430. The summed E-state index contributed by atoms with van der Waals surface area (Å²) in [6.45, 7) is 2.11. The lowest BCUT2D eigenvalue weighted by atomic mass is 10.1. The van der Waals surface area contributed by atoms with Crippen LogP contribution in [0.15, 0.2) is 30.0 Å². The monoisotopic (exact) mass is 351 g/mol. The lowest BCUT2D eigenvalue weighted by molar-refractivity contribution is -0.137. The van der Waals surface area contributed by atoms with Crippen molar-refractivity contribution in [1.82, 2.24) is 10.2 Å². The average molecular weight is 352 g/mol. The van der Waals surface area contributed by atoms with Crippen LogP contribution in [-0.4, -0.2) is 47.4 Å². The number of amides is 3. The second kappa shape index (κ2) is 7.94. The molecule has 0 unspecified atom stereocenters. The lowest BCUT2D eigenvalue weighted by Gasteiger charge is -2.14. The fourth-order valence-electron chi connectivity index (χ4n) is 2.16. The SMILES string of the molecule is CCCNC(=O)c1ccc(Cl)c(NC2=CC(=O)N(CCO)C2=O)c1. The summed E-state index contributed by atoms with van der Waals surface area (Å²) in [5.41, 5.74) is 0.778. The second-order valence-corrected chi connectivity index (χ2v) is 5.56. The van der Waals surface area contributed by atoms with Gasteiger partial charge in [-0.2, -0.15) is 0 Å². The van der Waals surface area contributed by atoms with Crippen molar-refractivity contribution in [3.8, 4) is 0 Å². The molecule has 0 aliphatic carbocycles. The van der Waals surface area contributed by atoms with E-state index in [1.807, 2.05) is 6.92 Å². The van der Waals surface area contributed by atoms with Crippen molar-refractivity contribution in [3.63, 3.8) is 0 Å². The molecule has 1 aromatic rings. The third-order valence-corrected chi connectivity index (χ3v) is 3.70. The molecule has 3 amide bonds. The number of benzene rings is 1. The van der Waals surface area contributed by atoms with Gasteiger partial charge in [-0.05, 0) is 24.6 Å². The predicted molar refractivity (Wildman–Crippen MR) is 89.6 cm³/mol. The highest BCUT2D eigenvalue weighted by atomic mass is 35.5. The molecule has 128 valence electrons. The van der Waals surface area contributed by atoms with Gasteiger partial charge >= 0.3 is 0 Å². The first-order valence-corrected chi connectivity index (χ1v) is 7.89. The van der Waals surface area contributed by atoms with Crippen molar-refractivity contribution < 1.29 is 19.5 Å². The summed E-state index contributed by atoms with van der Waals surface area (Å²) in [6, 6.07) is 4.63. The topological polar surface area (TPSA) is 98.7 Å². The Morgan fingerprint density at radius 1 is 1.33 bits per heavy atom. The number of carbonyl (C=O) groups excluding carboxylic acids is 3. The minimum atomic E-state index is -0.550. The first kappa shape index (κ1) is 18.0. The third kappa shape index (κ3) is 3.93. The zero-order chi connectivity index (χ0) is 17.7. The predicted octanol–water partition coefficient (Wildman–Crippen LogP) is 1.14. The molecule has 7 nitrogen and oxygen atoms in total. The highest BCUT2D eigenvalue weighted by Gasteiger charge is 2.30. The number of aliphatic hydroxyl groups is 1. The van der Waals surface area contributed by atoms with Crippen molar-refractivity contribution in [2.24, 2.45) is 0 Å². The minimum Gasteiger partial charge on any atom is -0.395 e. The lowest BCUT2D eigenvalue weighted by Crippen LogP contribution is -2.34. The van der Waals surface area contributed by atoms with E-state index in [2.05, 4.69) is 10.6 Å². The summed E-state index contributed by atoms with van der Waals surface area (Å²) >= 11 is 6.09. The Hall–Kier alpha value is -2.38. The molecule has 24 heavy (non-hydrogen) atoms. The second-order valence-electron chi connectivity index (χ2n) is 5.15. The Bertz CT molecular complexity index is 703. The first-order valence-electron chi connectivity index (χ1n) is 7.51. The Morgan fingerprint density at radius 2 is 2.08 bits per heavy atom. The van der Waals surface area contributed by atoms with Crippen molar-refractivity contribution in [1.29, 1.82) is 0 Å². The van der Waals surface area contributed by atoms with Crippen LogP contribution in [0, 0.1) is 0 Å². The van der Waals surface area contributed by atoms with Crippen molar-refractivity contribution in [2.75, 3.05) is 25.0 Å². The van der Waals surface area contributed by atoms with E-state index >= 15 is 0 Å². The number of nitrogens with one attached hydrogen (secondary N) is 2. The molecule has 0 radical (unpaired) electrons. The fraction of sp³-hybridized carbons (Fsp3) is 0.312. The highest BCUT2D eigenvalue weighted by Crippen LogP contribution is 2.26. The van der Waals surface area contributed by atoms with Crippen molar-refractivity contribution >= 4 is 35.0 Å². The summed E-state index contributed by atoms with van der Waals surface area (Å²) in [5.74, 6) is -1.31. The van der Waals surface area contributed by atoms with Gasteiger partial charge in [0.2, 0.25) is 0 Å². The number of carbonyl (C=O) groups is 3. The van der Waals surface area contributed by atoms with Crippen LogP contribution >= 0.6 is 11.6 Å². The Kier molecular flexibility index (Phi) is 5.94. The quantitative estimate of drug-likeness (QED) is 0.640. The summed E-state index contributed by atoms with van der Waals surface area (Å²) in [7, 11) is 0. The maximum atomic E-state index is 12.1. The Morgan fingerprint density at radius 3 is 2.75 bits per heavy atom. The molecule has 0 saturated heterocycles. The van der Waals surface area contributed by atoms with Crippen LogP contribution in [0.25, 0.3) is 0 Å². The Balaban J connectivity index is 2.18. The van der Waals surface area contributed by atoms with Gasteiger partial charge in [0.25, 0.3) is 17.7 Å². The number of imide groups is 1. The highest BCUT2D eigenvalue weighted by molar-refractivity contribution is 6.33. The molecule has 3 N–H and O–H groups in total. The van der Waals surface area contributed by atoms with Gasteiger partial charge in [-0.25, -0.2) is 0 Å². The van der Waals surface area contributed by atoms with Gasteiger partial charge in [0, 0.05) is 18.2 Å². The molecule has 8 heteroatoms. The summed E-state index contributed by atoms with van der Waals surface area (Å²) in [5, 5.41) is 14.7. The third-order valence-electron chi connectivity index (χ3n) is 3.37. The normalized spacial score (nSPS) is 14.0. The largest absolute Gasteiger partial charge is 0.395 e. The molecule has 0 atom stereocenters. The molecule has 1 aliphatic rings. The van der Waals surface area contributed by atoms with E-state index in [0.29, 0.717) is 22.8 Å². The van der Waals surface area contributed by atoms with Crippen LogP contribution in [0.5, 0.6) is 0 Å². The van der Waals surface area contributed by atoms with Gasteiger partial charge in [-0.3, -0.25) is 19.3 Å². The van der Waals surface area contributed by atoms with E-state index in [-0.39, 0.29) is 24.8 Å². The smallest absolute Gasteiger partial charge is 0.277 e. The van der Waals surface area contributed by atoms with Crippen LogP contribution in [0.4, 0.5) is 5.69 Å². The number of halogens is 1. The molecule has 0 fully saturated rings. The van der Waals surface area contributed by atoms with Gasteiger partial charge in [-0.15, -0.1) is 0 Å². The van der Waals surface area contributed by atoms with Gasteiger partial charge in [0.15, 0.2) is 0 Å². The molecule has 1 aromatic carbocycles. The molecule has 0 spiro atoms. The fourth-order valence-corrected chi connectivity index (χ4v) is 2.32. The molecule has 0 bridgehead atoms. The molecule has 2 rings (SSSR count). The van der Waals surface area contributed by atoms with Gasteiger partial charge in [0.1, 0.15) is 5.70 Å². The van der Waals surface area contributed by atoms with E-state index in [4.69, 9.17) is 16.7 Å². The van der Waals surface area contributed by atoms with Crippen molar-refractivity contribution in [3.05, 3.63) is 40.6 Å². The van der Waals surface area contributed by atoms with E-state index in [9.17, 15) is 14.4 Å². The molecule has 1 aliphatic heterocycles. The zero-order valence-electron chi connectivity index (χ0n) is 13.1. The number of β-amino-alcohol motifs (C(OH)–C–C–N with tert-alkyl or cyclic N) is 1. The number of anilines is 1. The molecule has 0 aromatic heterocycles. The van der Waals surface area contributed by atoms with Crippen molar-refractivity contribution in [2.45, 2.75) is 13.3 Å². The van der Waals surface area contributed by atoms with Crippen LogP contribution in [0.3, 0.4) is 0 Å². The van der Waals surface area contributed by atoms with Crippen LogP contribution in [-0.2, 0) is 9.59 Å². The van der Waals surface area contributed by atoms with Gasteiger partial charge in [-0.1, -0.05) is 18.5 Å².